The van der Waals surface area contributed by atoms with Crippen LogP contribution in [0.15, 0.2) is 42.7 Å². The molecule has 0 fully saturated rings. The molecule has 0 aliphatic heterocycles. The van der Waals surface area contributed by atoms with Gasteiger partial charge in [0, 0.05) is 12.4 Å². The van der Waals surface area contributed by atoms with Crippen molar-refractivity contribution in [2.45, 2.75) is 0 Å². The second kappa shape index (κ2) is 6.01. The Morgan fingerprint density at radius 1 is 1.14 bits per heavy atom. The molecule has 8 nitrogen and oxygen atoms in total. The van der Waals surface area contributed by atoms with Crippen LogP contribution >= 0.6 is 22.6 Å². The van der Waals surface area contributed by atoms with Gasteiger partial charge in [-0.1, -0.05) is 12.1 Å². The summed E-state index contributed by atoms with van der Waals surface area (Å²) in [7, 11) is 0. The molecule has 0 bridgehead atoms. The molecule has 1 aromatic carbocycles. The summed E-state index contributed by atoms with van der Waals surface area (Å²) in [5.41, 5.74) is 2.38. The fourth-order valence-electron chi connectivity index (χ4n) is 1.57. The van der Waals surface area contributed by atoms with Crippen LogP contribution in [0.3, 0.4) is 0 Å². The molecule has 3 rings (SSSR count). The van der Waals surface area contributed by atoms with Crippen molar-refractivity contribution in [2.24, 2.45) is 5.84 Å². The second-order valence-corrected chi connectivity index (χ2v) is 5.03. The molecule has 3 aromatic rings. The molecule has 9 heteroatoms. The van der Waals surface area contributed by atoms with Gasteiger partial charge in [0.05, 0.1) is 3.57 Å². The van der Waals surface area contributed by atoms with Gasteiger partial charge in [-0.15, -0.1) is 0 Å². The minimum Gasteiger partial charge on any atom is -0.423 e. The average molecular weight is 395 g/mol. The first-order valence-corrected chi connectivity index (χ1v) is 6.99. The number of nitrogens with one attached hydrogen (secondary N) is 1. The van der Waals surface area contributed by atoms with Gasteiger partial charge in [-0.05, 0) is 40.8 Å². The Morgan fingerprint density at radius 3 is 2.71 bits per heavy atom. The zero-order valence-electron chi connectivity index (χ0n) is 10.6. The molecular weight excluding hydrogens is 385 g/mol. The Balaban J connectivity index is 1.99. The molecule has 0 radical (unpaired) electrons. The molecule has 0 atom stereocenters. The highest BCUT2D eigenvalue weighted by Crippen LogP contribution is 2.24. The van der Waals surface area contributed by atoms with E-state index in [-0.39, 0.29) is 12.0 Å². The number of nitrogens with two attached hydrogens (primary N) is 1. The lowest BCUT2D eigenvalue weighted by molar-refractivity contribution is 0.435. The molecule has 0 unspecified atom stereocenters. The van der Waals surface area contributed by atoms with E-state index in [1.54, 1.807) is 18.5 Å². The smallest absolute Gasteiger partial charge is 0.328 e. The van der Waals surface area contributed by atoms with E-state index < -0.39 is 0 Å². The topological polar surface area (TPSA) is 104 Å². The van der Waals surface area contributed by atoms with Gasteiger partial charge >= 0.3 is 6.01 Å². The summed E-state index contributed by atoms with van der Waals surface area (Å²) in [6.07, 6.45) is 3.34. The Labute approximate surface area is 133 Å². The second-order valence-electron chi connectivity index (χ2n) is 3.87. The number of anilines is 1. The summed E-state index contributed by atoms with van der Waals surface area (Å²) >= 11 is 2.17. The summed E-state index contributed by atoms with van der Waals surface area (Å²) in [5, 5.41) is 4.07. The molecule has 2 heterocycles. The van der Waals surface area contributed by atoms with Crippen LogP contribution in [0.5, 0.6) is 11.8 Å². The predicted molar refractivity (Wildman–Crippen MR) is 84.0 cm³/mol. The largest absolute Gasteiger partial charge is 0.423 e. The van der Waals surface area contributed by atoms with Gasteiger partial charge < -0.3 is 4.74 Å². The molecule has 0 aliphatic carbocycles. The number of rotatable bonds is 4. The van der Waals surface area contributed by atoms with Crippen LogP contribution in [0.2, 0.25) is 0 Å². The minimum absolute atomic E-state index is 0.132. The maximum absolute atomic E-state index is 5.68. The first-order chi connectivity index (χ1) is 10.3. The highest BCUT2D eigenvalue weighted by Gasteiger charge is 2.11. The normalized spacial score (nSPS) is 10.4. The summed E-state index contributed by atoms with van der Waals surface area (Å²) in [5.74, 6) is 6.53. The third kappa shape index (κ3) is 3.08. The highest BCUT2D eigenvalue weighted by atomic mass is 127. The maximum atomic E-state index is 5.68. The molecule has 0 saturated heterocycles. The van der Waals surface area contributed by atoms with E-state index in [2.05, 4.69) is 48.1 Å². The van der Waals surface area contributed by atoms with Crippen molar-refractivity contribution in [3.8, 4) is 17.7 Å². The number of para-hydroxylation sites is 1. The Morgan fingerprint density at radius 2 is 2.00 bits per heavy atom. The molecule has 0 saturated carbocycles. The van der Waals surface area contributed by atoms with E-state index in [4.69, 9.17) is 10.6 Å². The Bertz CT molecular complexity index is 747. The lowest BCUT2D eigenvalue weighted by atomic mass is 10.3. The first kappa shape index (κ1) is 13.7. The number of halogens is 1. The van der Waals surface area contributed by atoms with Crippen LogP contribution < -0.4 is 16.0 Å². The summed E-state index contributed by atoms with van der Waals surface area (Å²) in [6, 6.07) is 9.44. The van der Waals surface area contributed by atoms with Crippen LogP contribution in [-0.2, 0) is 0 Å². The maximum Gasteiger partial charge on any atom is 0.328 e. The van der Waals surface area contributed by atoms with Crippen molar-refractivity contribution >= 4 is 28.5 Å². The van der Waals surface area contributed by atoms with Gasteiger partial charge in [-0.25, -0.2) is 10.5 Å². The molecule has 0 amide bonds. The van der Waals surface area contributed by atoms with Crippen molar-refractivity contribution < 1.29 is 4.74 Å². The van der Waals surface area contributed by atoms with Gasteiger partial charge in [0.25, 0.3) is 5.95 Å². The van der Waals surface area contributed by atoms with Crippen molar-refractivity contribution in [1.82, 2.24) is 24.7 Å². The fraction of sp³-hybridized carbons (Fsp3) is 0. The number of nitrogens with zero attached hydrogens (tertiary/aromatic N) is 5. The van der Waals surface area contributed by atoms with Crippen LogP contribution in [0.25, 0.3) is 5.95 Å². The summed E-state index contributed by atoms with van der Waals surface area (Å²) in [4.78, 5) is 12.4. The fourth-order valence-corrected chi connectivity index (χ4v) is 2.07. The number of hydrogen-bond donors (Lipinski definition) is 2. The Kier molecular flexibility index (Phi) is 3.92. The molecular formula is C12H10IN7O. The summed E-state index contributed by atoms with van der Waals surface area (Å²) in [6.45, 7) is 0. The van der Waals surface area contributed by atoms with E-state index >= 15 is 0 Å². The molecule has 0 spiro atoms. The van der Waals surface area contributed by atoms with Gasteiger partial charge in [-0.3, -0.25) is 5.43 Å². The standard InChI is InChI=1S/C12H10IN7O/c13-8-4-1-2-5-9(8)21-12-17-10(19-14)16-11(18-12)20-7-3-6-15-20/h1-7H,14H2,(H,16,17,18,19). The van der Waals surface area contributed by atoms with Crippen LogP contribution in [0.4, 0.5) is 5.95 Å². The monoisotopic (exact) mass is 395 g/mol. The molecule has 3 N–H and O–H groups in total. The number of ether oxygens (including phenoxy) is 1. The van der Waals surface area contributed by atoms with E-state index in [0.29, 0.717) is 11.7 Å². The zero-order valence-corrected chi connectivity index (χ0v) is 12.8. The third-order valence-corrected chi connectivity index (χ3v) is 3.37. The van der Waals surface area contributed by atoms with Gasteiger partial charge in [-0.2, -0.15) is 20.1 Å². The van der Waals surface area contributed by atoms with Crippen molar-refractivity contribution in [1.29, 1.82) is 0 Å². The first-order valence-electron chi connectivity index (χ1n) is 5.91. The highest BCUT2D eigenvalue weighted by molar-refractivity contribution is 14.1. The SMILES string of the molecule is NNc1nc(Oc2ccccc2I)nc(-n2cccn2)n1. The van der Waals surface area contributed by atoms with Crippen LogP contribution in [-0.4, -0.2) is 24.7 Å². The zero-order chi connectivity index (χ0) is 14.7. The molecule has 2 aromatic heterocycles. The van der Waals surface area contributed by atoms with E-state index in [1.165, 1.54) is 4.68 Å². The quantitative estimate of drug-likeness (QED) is 0.394. The summed E-state index contributed by atoms with van der Waals surface area (Å²) < 4.78 is 8.12. The van der Waals surface area contributed by atoms with Gasteiger partial charge in [0.15, 0.2) is 0 Å². The molecule has 0 aliphatic rings. The number of hydrogen-bond acceptors (Lipinski definition) is 7. The van der Waals surface area contributed by atoms with Gasteiger partial charge in [0.2, 0.25) is 5.95 Å². The van der Waals surface area contributed by atoms with Crippen LogP contribution in [0, 0.1) is 3.57 Å². The number of nitrogen functional groups attached to an aromatic ring is 1. The van der Waals surface area contributed by atoms with E-state index in [9.17, 15) is 0 Å². The van der Waals surface area contributed by atoms with E-state index in [0.717, 1.165) is 3.57 Å². The number of hydrazine groups is 1. The van der Waals surface area contributed by atoms with Gasteiger partial charge in [0.1, 0.15) is 5.75 Å². The van der Waals surface area contributed by atoms with Crippen molar-refractivity contribution in [3.05, 3.63) is 46.3 Å². The van der Waals surface area contributed by atoms with Crippen molar-refractivity contribution in [2.75, 3.05) is 5.43 Å². The van der Waals surface area contributed by atoms with Crippen LogP contribution in [0.1, 0.15) is 0 Å². The molecule has 106 valence electrons. The number of benzene rings is 1. The lowest BCUT2D eigenvalue weighted by Crippen LogP contribution is -2.14. The lowest BCUT2D eigenvalue weighted by Gasteiger charge is -2.08. The predicted octanol–water partition coefficient (Wildman–Crippen LogP) is 1.74. The number of aromatic nitrogens is 5. The Hall–Kier alpha value is -2.27. The van der Waals surface area contributed by atoms with E-state index in [1.807, 2.05) is 24.3 Å². The third-order valence-electron chi connectivity index (χ3n) is 2.48. The average Bonchev–Trinajstić information content (AvgIpc) is 3.04. The molecule has 21 heavy (non-hydrogen) atoms. The minimum atomic E-state index is 0.132. The van der Waals surface area contributed by atoms with Crippen molar-refractivity contribution in [3.63, 3.8) is 0 Å².